The highest BCUT2D eigenvalue weighted by Crippen LogP contribution is 2.20. The number of aromatic nitrogens is 2. The number of benzene rings is 2. The zero-order valence-corrected chi connectivity index (χ0v) is 15.4. The van der Waals surface area contributed by atoms with Crippen LogP contribution in [0, 0.1) is 0 Å². The van der Waals surface area contributed by atoms with Gasteiger partial charge in [0.25, 0.3) is 0 Å². The van der Waals surface area contributed by atoms with Crippen LogP contribution in [-0.4, -0.2) is 30.1 Å². The standard InChI is InChI=1S/C18H17BrN4O2/c1-23(2)15-8-6-13(7-9-15)16-21-18(25-22-16)17(24)20-11-12-4-3-5-14(19)10-12/h3-10H,11H2,1-2H3,(H,20,24). The molecule has 0 aliphatic carbocycles. The summed E-state index contributed by atoms with van der Waals surface area (Å²) in [7, 11) is 3.94. The molecule has 1 heterocycles. The third-order valence-corrected chi connectivity index (χ3v) is 4.10. The lowest BCUT2D eigenvalue weighted by atomic mass is 10.2. The van der Waals surface area contributed by atoms with Crippen molar-refractivity contribution in [3.8, 4) is 11.4 Å². The summed E-state index contributed by atoms with van der Waals surface area (Å²) in [5, 5.41) is 6.65. The number of hydrogen-bond acceptors (Lipinski definition) is 5. The zero-order valence-electron chi connectivity index (χ0n) is 13.9. The van der Waals surface area contributed by atoms with Gasteiger partial charge in [-0.2, -0.15) is 4.98 Å². The summed E-state index contributed by atoms with van der Waals surface area (Å²) in [6.45, 7) is 0.382. The number of carbonyl (C=O) groups is 1. The Morgan fingerprint density at radius 1 is 1.20 bits per heavy atom. The Hall–Kier alpha value is -2.67. The maximum atomic E-state index is 12.2. The second kappa shape index (κ2) is 7.48. The molecule has 1 aromatic heterocycles. The van der Waals surface area contributed by atoms with Gasteiger partial charge < -0.3 is 14.7 Å². The molecule has 0 bridgehead atoms. The van der Waals surface area contributed by atoms with E-state index in [-0.39, 0.29) is 5.89 Å². The third-order valence-electron chi connectivity index (χ3n) is 3.60. The van der Waals surface area contributed by atoms with Crippen LogP contribution < -0.4 is 10.2 Å². The Labute approximate surface area is 154 Å². The van der Waals surface area contributed by atoms with E-state index >= 15 is 0 Å². The van der Waals surface area contributed by atoms with Crippen LogP contribution in [0.25, 0.3) is 11.4 Å². The van der Waals surface area contributed by atoms with Gasteiger partial charge in [-0.25, -0.2) is 0 Å². The van der Waals surface area contributed by atoms with Gasteiger partial charge in [-0.05, 0) is 42.0 Å². The summed E-state index contributed by atoms with van der Waals surface area (Å²) in [5.74, 6) is -0.0665. The van der Waals surface area contributed by atoms with Gasteiger partial charge in [0.1, 0.15) is 0 Å². The minimum Gasteiger partial charge on any atom is -0.378 e. The van der Waals surface area contributed by atoms with E-state index in [1.165, 1.54) is 0 Å². The average Bonchev–Trinajstić information content (AvgIpc) is 3.10. The number of rotatable bonds is 5. The van der Waals surface area contributed by atoms with Gasteiger partial charge in [-0.1, -0.05) is 33.2 Å². The van der Waals surface area contributed by atoms with E-state index in [2.05, 4.69) is 31.4 Å². The van der Waals surface area contributed by atoms with E-state index in [0.717, 1.165) is 21.3 Å². The van der Waals surface area contributed by atoms with Crippen LogP contribution in [0.1, 0.15) is 16.2 Å². The molecule has 1 N–H and O–H groups in total. The molecule has 6 nitrogen and oxygen atoms in total. The molecule has 0 saturated carbocycles. The normalized spacial score (nSPS) is 10.5. The number of carbonyl (C=O) groups excluding carboxylic acids is 1. The molecule has 0 atom stereocenters. The van der Waals surface area contributed by atoms with E-state index in [0.29, 0.717) is 12.4 Å². The van der Waals surface area contributed by atoms with Crippen molar-refractivity contribution in [1.82, 2.24) is 15.5 Å². The highest BCUT2D eigenvalue weighted by atomic mass is 79.9. The van der Waals surface area contributed by atoms with Crippen LogP contribution in [0.3, 0.4) is 0 Å². The molecule has 0 aliphatic rings. The Bertz CT molecular complexity index is 875. The Kier molecular flexibility index (Phi) is 5.14. The number of halogens is 1. The van der Waals surface area contributed by atoms with Crippen LogP contribution in [0.5, 0.6) is 0 Å². The first-order chi connectivity index (χ1) is 12.0. The molecule has 0 fully saturated rings. The summed E-state index contributed by atoms with van der Waals surface area (Å²) in [4.78, 5) is 18.3. The second-order valence-corrected chi connectivity index (χ2v) is 6.59. The lowest BCUT2D eigenvalue weighted by Crippen LogP contribution is -2.23. The van der Waals surface area contributed by atoms with Crippen LogP contribution in [0.15, 0.2) is 57.5 Å². The van der Waals surface area contributed by atoms with E-state index < -0.39 is 5.91 Å². The molecule has 0 spiro atoms. The molecule has 7 heteroatoms. The number of amides is 1. The van der Waals surface area contributed by atoms with Gasteiger partial charge in [-0.3, -0.25) is 4.79 Å². The molecular weight excluding hydrogens is 384 g/mol. The van der Waals surface area contributed by atoms with Crippen molar-refractivity contribution in [3.05, 3.63) is 64.5 Å². The minimum absolute atomic E-state index is 0.0540. The molecule has 3 aromatic rings. The van der Waals surface area contributed by atoms with E-state index in [1.54, 1.807) is 0 Å². The summed E-state index contributed by atoms with van der Waals surface area (Å²) in [5.41, 5.74) is 2.83. The summed E-state index contributed by atoms with van der Waals surface area (Å²) >= 11 is 3.40. The van der Waals surface area contributed by atoms with Crippen LogP contribution >= 0.6 is 15.9 Å². The molecule has 2 aromatic carbocycles. The maximum Gasteiger partial charge on any atom is 0.316 e. The van der Waals surface area contributed by atoms with Crippen molar-refractivity contribution in [2.24, 2.45) is 0 Å². The summed E-state index contributed by atoms with van der Waals surface area (Å²) < 4.78 is 6.04. The van der Waals surface area contributed by atoms with Crippen molar-refractivity contribution in [1.29, 1.82) is 0 Å². The van der Waals surface area contributed by atoms with Gasteiger partial charge in [0.2, 0.25) is 5.82 Å². The predicted molar refractivity (Wildman–Crippen MR) is 99.4 cm³/mol. The van der Waals surface area contributed by atoms with E-state index in [9.17, 15) is 4.79 Å². The maximum absolute atomic E-state index is 12.2. The first-order valence-corrected chi connectivity index (χ1v) is 8.46. The fourth-order valence-electron chi connectivity index (χ4n) is 2.25. The molecule has 0 saturated heterocycles. The van der Waals surface area contributed by atoms with Crippen molar-refractivity contribution in [3.63, 3.8) is 0 Å². The Balaban J connectivity index is 1.67. The zero-order chi connectivity index (χ0) is 17.8. The minimum atomic E-state index is -0.399. The molecule has 0 radical (unpaired) electrons. The summed E-state index contributed by atoms with van der Waals surface area (Å²) in [6, 6.07) is 15.4. The van der Waals surface area contributed by atoms with Gasteiger partial charge in [0, 0.05) is 36.4 Å². The number of anilines is 1. The average molecular weight is 401 g/mol. The number of nitrogens with zero attached hydrogens (tertiary/aromatic N) is 3. The molecule has 0 aliphatic heterocycles. The fourth-order valence-corrected chi connectivity index (χ4v) is 2.69. The van der Waals surface area contributed by atoms with Gasteiger partial charge in [0.05, 0.1) is 0 Å². The fraction of sp³-hybridized carbons (Fsp3) is 0.167. The van der Waals surface area contributed by atoms with Crippen LogP contribution in [0.2, 0.25) is 0 Å². The summed E-state index contributed by atoms with van der Waals surface area (Å²) in [6.07, 6.45) is 0. The van der Waals surface area contributed by atoms with Gasteiger partial charge >= 0.3 is 11.8 Å². The van der Waals surface area contributed by atoms with Crippen LogP contribution in [0.4, 0.5) is 5.69 Å². The number of nitrogens with one attached hydrogen (secondary N) is 1. The SMILES string of the molecule is CN(C)c1ccc(-c2noc(C(=O)NCc3cccc(Br)c3)n2)cc1. The number of hydrogen-bond donors (Lipinski definition) is 1. The van der Waals surface area contributed by atoms with Crippen molar-refractivity contribution >= 4 is 27.5 Å². The monoisotopic (exact) mass is 400 g/mol. The van der Waals surface area contributed by atoms with E-state index in [4.69, 9.17) is 4.52 Å². The topological polar surface area (TPSA) is 71.3 Å². The highest BCUT2D eigenvalue weighted by Gasteiger charge is 2.16. The lowest BCUT2D eigenvalue weighted by molar-refractivity contribution is 0.0907. The molecule has 25 heavy (non-hydrogen) atoms. The first kappa shape index (κ1) is 17.2. The predicted octanol–water partition coefficient (Wildman–Crippen LogP) is 3.50. The lowest BCUT2D eigenvalue weighted by Gasteiger charge is -2.11. The largest absolute Gasteiger partial charge is 0.378 e. The van der Waals surface area contributed by atoms with Gasteiger partial charge in [0.15, 0.2) is 0 Å². The van der Waals surface area contributed by atoms with E-state index in [1.807, 2.05) is 67.5 Å². The van der Waals surface area contributed by atoms with Crippen molar-refractivity contribution in [2.75, 3.05) is 19.0 Å². The first-order valence-electron chi connectivity index (χ1n) is 7.67. The quantitative estimate of drug-likeness (QED) is 0.709. The third kappa shape index (κ3) is 4.24. The molecule has 3 rings (SSSR count). The van der Waals surface area contributed by atoms with Gasteiger partial charge in [-0.15, -0.1) is 0 Å². The Morgan fingerprint density at radius 2 is 1.96 bits per heavy atom. The van der Waals surface area contributed by atoms with Crippen LogP contribution in [-0.2, 0) is 6.54 Å². The smallest absolute Gasteiger partial charge is 0.316 e. The molecule has 0 unspecified atom stereocenters. The Morgan fingerprint density at radius 3 is 2.64 bits per heavy atom. The highest BCUT2D eigenvalue weighted by molar-refractivity contribution is 9.10. The second-order valence-electron chi connectivity index (χ2n) is 5.68. The molecule has 128 valence electrons. The molecule has 1 amide bonds. The van der Waals surface area contributed by atoms with Crippen molar-refractivity contribution in [2.45, 2.75) is 6.54 Å². The molecular formula is C18H17BrN4O2. The van der Waals surface area contributed by atoms with Crippen molar-refractivity contribution < 1.29 is 9.32 Å².